The van der Waals surface area contributed by atoms with Crippen molar-refractivity contribution in [2.45, 2.75) is 32.2 Å². The third kappa shape index (κ3) is 3.91. The average molecular weight is 267 g/mol. The van der Waals surface area contributed by atoms with Crippen LogP contribution in [-0.4, -0.2) is 30.5 Å². The minimum Gasteiger partial charge on any atom is -0.497 e. The highest BCUT2D eigenvalue weighted by atomic mass is 16.5. The Morgan fingerprint density at radius 3 is 2.32 bits per heavy atom. The molecule has 6 N–H and O–H groups in total. The zero-order chi connectivity index (χ0) is 14.5. The molecule has 0 aromatic heterocycles. The lowest BCUT2D eigenvalue weighted by Crippen LogP contribution is -2.66. The number of hydrogen-bond acceptors (Lipinski definition) is 5. The lowest BCUT2D eigenvalue weighted by Gasteiger charge is -2.38. The van der Waals surface area contributed by atoms with Crippen LogP contribution >= 0.6 is 0 Å². The van der Waals surface area contributed by atoms with Gasteiger partial charge in [0.15, 0.2) is 0 Å². The molecule has 5 heteroatoms. The summed E-state index contributed by atoms with van der Waals surface area (Å²) in [6.45, 7) is 4.61. The molecule has 0 radical (unpaired) electrons. The predicted molar refractivity (Wildman–Crippen MR) is 76.7 cm³/mol. The molecule has 0 aliphatic heterocycles. The zero-order valence-corrected chi connectivity index (χ0v) is 11.9. The van der Waals surface area contributed by atoms with Gasteiger partial charge in [0.1, 0.15) is 5.75 Å². The zero-order valence-electron chi connectivity index (χ0n) is 11.9. The number of rotatable bonds is 7. The Labute approximate surface area is 114 Å². The van der Waals surface area contributed by atoms with Crippen molar-refractivity contribution >= 4 is 0 Å². The standard InChI is InChI=1S/C14H25N3O2/c1-10(2)14(16,13(18)8-15)17-9-11-4-6-12(19-3)7-5-11/h4-7,10,13,17-18H,8-9,15-16H2,1-3H3. The summed E-state index contributed by atoms with van der Waals surface area (Å²) in [5.74, 6) is 0.873. The number of ether oxygens (including phenoxy) is 1. The summed E-state index contributed by atoms with van der Waals surface area (Å²) in [4.78, 5) is 0. The van der Waals surface area contributed by atoms with Crippen molar-refractivity contribution in [3.05, 3.63) is 29.8 Å². The molecule has 1 aromatic carbocycles. The van der Waals surface area contributed by atoms with Crippen LogP contribution in [0.3, 0.4) is 0 Å². The van der Waals surface area contributed by atoms with Crippen LogP contribution in [0.15, 0.2) is 24.3 Å². The van der Waals surface area contributed by atoms with Gasteiger partial charge in [-0.25, -0.2) is 0 Å². The molecule has 2 atom stereocenters. The summed E-state index contributed by atoms with van der Waals surface area (Å²) in [7, 11) is 1.63. The van der Waals surface area contributed by atoms with Gasteiger partial charge in [-0.2, -0.15) is 0 Å². The van der Waals surface area contributed by atoms with Gasteiger partial charge in [0.2, 0.25) is 0 Å². The minimum absolute atomic E-state index is 0.0595. The minimum atomic E-state index is -0.894. The van der Waals surface area contributed by atoms with E-state index in [9.17, 15) is 5.11 Å². The van der Waals surface area contributed by atoms with E-state index in [0.29, 0.717) is 6.54 Å². The Bertz CT molecular complexity index is 381. The first-order valence-electron chi connectivity index (χ1n) is 6.49. The molecule has 5 nitrogen and oxygen atoms in total. The van der Waals surface area contributed by atoms with Crippen LogP contribution in [0.25, 0.3) is 0 Å². The molecule has 0 aliphatic carbocycles. The normalized spacial score (nSPS) is 16.2. The molecule has 0 heterocycles. The van der Waals surface area contributed by atoms with Crippen molar-refractivity contribution in [3.63, 3.8) is 0 Å². The maximum atomic E-state index is 9.98. The van der Waals surface area contributed by atoms with Crippen molar-refractivity contribution in [2.24, 2.45) is 17.4 Å². The summed E-state index contributed by atoms with van der Waals surface area (Å²) in [6.07, 6.45) is -0.786. The van der Waals surface area contributed by atoms with E-state index in [2.05, 4.69) is 5.32 Å². The number of nitrogens with two attached hydrogens (primary N) is 2. The van der Waals surface area contributed by atoms with E-state index in [4.69, 9.17) is 16.2 Å². The number of aliphatic hydroxyl groups is 1. The van der Waals surface area contributed by atoms with Crippen LogP contribution in [0.4, 0.5) is 0 Å². The summed E-state index contributed by atoms with van der Waals surface area (Å²) < 4.78 is 5.11. The average Bonchev–Trinajstić information content (AvgIpc) is 2.44. The van der Waals surface area contributed by atoms with Crippen LogP contribution in [0, 0.1) is 5.92 Å². The molecule has 0 aliphatic rings. The summed E-state index contributed by atoms with van der Waals surface area (Å²) in [6, 6.07) is 7.71. The van der Waals surface area contributed by atoms with Gasteiger partial charge in [-0.1, -0.05) is 26.0 Å². The second kappa shape index (κ2) is 6.86. The van der Waals surface area contributed by atoms with Gasteiger partial charge in [0.05, 0.1) is 18.9 Å². The first kappa shape index (κ1) is 15.9. The Kier molecular flexibility index (Phi) is 5.75. The molecule has 0 amide bonds. The molecule has 2 unspecified atom stereocenters. The van der Waals surface area contributed by atoms with Gasteiger partial charge in [0.25, 0.3) is 0 Å². The van der Waals surface area contributed by atoms with Crippen molar-refractivity contribution in [1.29, 1.82) is 0 Å². The number of benzene rings is 1. The van der Waals surface area contributed by atoms with Crippen molar-refractivity contribution in [3.8, 4) is 5.75 Å². The van der Waals surface area contributed by atoms with Gasteiger partial charge in [-0.05, 0) is 23.6 Å². The molecule has 0 fully saturated rings. The third-order valence-corrected chi connectivity index (χ3v) is 3.49. The maximum Gasteiger partial charge on any atom is 0.118 e. The monoisotopic (exact) mass is 267 g/mol. The van der Waals surface area contributed by atoms with E-state index >= 15 is 0 Å². The van der Waals surface area contributed by atoms with Gasteiger partial charge in [0, 0.05) is 13.1 Å². The Balaban J connectivity index is 2.70. The fourth-order valence-electron chi connectivity index (χ4n) is 1.90. The van der Waals surface area contributed by atoms with E-state index in [1.54, 1.807) is 7.11 Å². The largest absolute Gasteiger partial charge is 0.497 e. The quantitative estimate of drug-likeness (QED) is 0.537. The molecular formula is C14H25N3O2. The lowest BCUT2D eigenvalue weighted by molar-refractivity contribution is 0.0370. The highest BCUT2D eigenvalue weighted by molar-refractivity contribution is 5.27. The van der Waals surface area contributed by atoms with Crippen LogP contribution in [0.5, 0.6) is 5.75 Å². The number of aliphatic hydroxyl groups excluding tert-OH is 1. The summed E-state index contributed by atoms with van der Waals surface area (Å²) >= 11 is 0. The van der Waals surface area contributed by atoms with Gasteiger partial charge < -0.3 is 21.3 Å². The van der Waals surface area contributed by atoms with E-state index in [0.717, 1.165) is 11.3 Å². The van der Waals surface area contributed by atoms with Crippen LogP contribution < -0.4 is 21.5 Å². The second-order valence-electron chi connectivity index (χ2n) is 5.04. The second-order valence-corrected chi connectivity index (χ2v) is 5.04. The Morgan fingerprint density at radius 1 is 1.32 bits per heavy atom. The highest BCUT2D eigenvalue weighted by Crippen LogP contribution is 2.17. The Hall–Kier alpha value is -1.14. The Morgan fingerprint density at radius 2 is 1.89 bits per heavy atom. The van der Waals surface area contributed by atoms with Crippen LogP contribution in [0.1, 0.15) is 19.4 Å². The summed E-state index contributed by atoms with van der Waals surface area (Å²) in [5, 5.41) is 13.2. The first-order chi connectivity index (χ1) is 8.93. The molecule has 0 spiro atoms. The predicted octanol–water partition coefficient (Wildman–Crippen LogP) is 0.415. The SMILES string of the molecule is COc1ccc(CNC(N)(C(C)C)C(O)CN)cc1. The number of nitrogens with one attached hydrogen (secondary N) is 1. The third-order valence-electron chi connectivity index (χ3n) is 3.49. The van der Waals surface area contributed by atoms with Crippen molar-refractivity contribution in [2.75, 3.05) is 13.7 Å². The fourth-order valence-corrected chi connectivity index (χ4v) is 1.90. The summed E-state index contributed by atoms with van der Waals surface area (Å²) in [5.41, 5.74) is 11.9. The van der Waals surface area contributed by atoms with E-state index < -0.39 is 11.8 Å². The number of methoxy groups -OCH3 is 1. The number of hydrogen-bond donors (Lipinski definition) is 4. The van der Waals surface area contributed by atoms with Crippen LogP contribution in [0.2, 0.25) is 0 Å². The van der Waals surface area contributed by atoms with Gasteiger partial charge >= 0.3 is 0 Å². The van der Waals surface area contributed by atoms with E-state index in [-0.39, 0.29) is 12.5 Å². The highest BCUT2D eigenvalue weighted by Gasteiger charge is 2.35. The van der Waals surface area contributed by atoms with E-state index in [1.807, 2.05) is 38.1 Å². The molecule has 1 aromatic rings. The molecule has 19 heavy (non-hydrogen) atoms. The van der Waals surface area contributed by atoms with E-state index in [1.165, 1.54) is 0 Å². The molecule has 0 saturated heterocycles. The maximum absolute atomic E-state index is 9.98. The van der Waals surface area contributed by atoms with Gasteiger partial charge in [-0.15, -0.1) is 0 Å². The molecule has 0 saturated carbocycles. The smallest absolute Gasteiger partial charge is 0.118 e. The molecule has 1 rings (SSSR count). The van der Waals surface area contributed by atoms with Crippen molar-refractivity contribution < 1.29 is 9.84 Å². The molecule has 108 valence electrons. The molecular weight excluding hydrogens is 242 g/mol. The first-order valence-corrected chi connectivity index (χ1v) is 6.49. The lowest BCUT2D eigenvalue weighted by atomic mass is 9.90. The molecule has 0 bridgehead atoms. The van der Waals surface area contributed by atoms with Gasteiger partial charge in [-0.3, -0.25) is 5.32 Å². The van der Waals surface area contributed by atoms with Crippen LogP contribution in [-0.2, 0) is 6.54 Å². The van der Waals surface area contributed by atoms with Crippen molar-refractivity contribution in [1.82, 2.24) is 5.32 Å². The fraction of sp³-hybridized carbons (Fsp3) is 0.571. The topological polar surface area (TPSA) is 93.5 Å².